The van der Waals surface area contributed by atoms with Gasteiger partial charge in [0.2, 0.25) is 5.95 Å². The summed E-state index contributed by atoms with van der Waals surface area (Å²) in [4.78, 5) is 24.5. The Kier molecular flexibility index (Phi) is 6.40. The molecule has 2 aromatic carbocycles. The van der Waals surface area contributed by atoms with Gasteiger partial charge in [-0.15, -0.1) is 0 Å². The fourth-order valence-corrected chi connectivity index (χ4v) is 4.74. The van der Waals surface area contributed by atoms with Crippen LogP contribution in [0.25, 0.3) is 16.6 Å². The summed E-state index contributed by atoms with van der Waals surface area (Å²) in [5.41, 5.74) is 4.21. The van der Waals surface area contributed by atoms with Gasteiger partial charge in [-0.2, -0.15) is 9.78 Å². The largest absolute Gasteiger partial charge is 0.382 e. The lowest BCUT2D eigenvalue weighted by molar-refractivity contribution is 0.264. The summed E-state index contributed by atoms with van der Waals surface area (Å²) in [7, 11) is 2.17. The van der Waals surface area contributed by atoms with Crippen molar-refractivity contribution in [1.82, 2.24) is 24.6 Å². The summed E-state index contributed by atoms with van der Waals surface area (Å²) in [5.74, 6) is 0.407. The SMILES string of the molecule is Cc1cccc(Cl)c1-n1nc(C)c2nc(Nc3ccc(NC4CCN(C)CC4)cc3)ncc2c1=O. The maximum Gasteiger partial charge on any atom is 0.282 e. The number of para-hydroxylation sites is 1. The average molecular weight is 490 g/mol. The Labute approximate surface area is 209 Å². The molecule has 0 unspecified atom stereocenters. The van der Waals surface area contributed by atoms with E-state index in [2.05, 4.69) is 49.8 Å². The van der Waals surface area contributed by atoms with E-state index in [1.807, 2.05) is 38.1 Å². The number of rotatable bonds is 5. The number of likely N-dealkylation sites (tertiary alicyclic amines) is 1. The van der Waals surface area contributed by atoms with Crippen molar-refractivity contribution >= 4 is 39.8 Å². The van der Waals surface area contributed by atoms with Crippen LogP contribution in [0, 0.1) is 13.8 Å². The topological polar surface area (TPSA) is 88.0 Å². The van der Waals surface area contributed by atoms with E-state index in [1.165, 1.54) is 4.68 Å². The third-order valence-electron chi connectivity index (χ3n) is 6.43. The molecular weight excluding hydrogens is 462 g/mol. The molecule has 0 radical (unpaired) electrons. The Hall–Kier alpha value is -3.49. The fourth-order valence-electron chi connectivity index (χ4n) is 4.44. The van der Waals surface area contributed by atoms with E-state index in [0.29, 0.717) is 39.3 Å². The van der Waals surface area contributed by atoms with E-state index < -0.39 is 0 Å². The lowest BCUT2D eigenvalue weighted by Crippen LogP contribution is -2.36. The number of anilines is 3. The Bertz CT molecular complexity index is 1410. The van der Waals surface area contributed by atoms with Crippen molar-refractivity contribution in [2.45, 2.75) is 32.7 Å². The number of aryl methyl sites for hydroxylation is 2. The highest BCUT2D eigenvalue weighted by atomic mass is 35.5. The number of halogens is 1. The summed E-state index contributed by atoms with van der Waals surface area (Å²) in [5, 5.41) is 12.2. The predicted molar refractivity (Wildman–Crippen MR) is 141 cm³/mol. The fraction of sp³-hybridized carbons (Fsp3) is 0.308. The molecule has 2 N–H and O–H groups in total. The molecule has 0 amide bonds. The van der Waals surface area contributed by atoms with E-state index in [-0.39, 0.29) is 5.56 Å². The molecule has 3 heterocycles. The van der Waals surface area contributed by atoms with Gasteiger partial charge in [0.15, 0.2) is 0 Å². The van der Waals surface area contributed by atoms with Crippen molar-refractivity contribution in [3.63, 3.8) is 0 Å². The van der Waals surface area contributed by atoms with E-state index in [0.717, 1.165) is 42.9 Å². The molecule has 2 aromatic heterocycles. The number of nitrogens with one attached hydrogen (secondary N) is 2. The third-order valence-corrected chi connectivity index (χ3v) is 6.74. The number of nitrogens with zero attached hydrogens (tertiary/aromatic N) is 5. The van der Waals surface area contributed by atoms with Gasteiger partial charge in [-0.3, -0.25) is 4.79 Å². The Morgan fingerprint density at radius 3 is 2.46 bits per heavy atom. The Morgan fingerprint density at radius 1 is 1.03 bits per heavy atom. The van der Waals surface area contributed by atoms with Crippen LogP contribution >= 0.6 is 11.6 Å². The first-order chi connectivity index (χ1) is 16.9. The molecule has 9 heteroatoms. The summed E-state index contributed by atoms with van der Waals surface area (Å²) in [6.07, 6.45) is 3.83. The second-order valence-corrected chi connectivity index (χ2v) is 9.50. The summed E-state index contributed by atoms with van der Waals surface area (Å²) >= 11 is 6.38. The molecule has 1 saturated heterocycles. The van der Waals surface area contributed by atoms with E-state index in [4.69, 9.17) is 11.6 Å². The van der Waals surface area contributed by atoms with E-state index in [1.54, 1.807) is 12.3 Å². The van der Waals surface area contributed by atoms with Crippen LogP contribution in [0.3, 0.4) is 0 Å². The van der Waals surface area contributed by atoms with Crippen molar-refractivity contribution in [3.8, 4) is 5.69 Å². The molecular formula is C26H28ClN7O. The first-order valence-electron chi connectivity index (χ1n) is 11.7. The molecule has 0 aliphatic carbocycles. The number of piperidine rings is 1. The number of fused-ring (bicyclic) bond motifs is 1. The van der Waals surface area contributed by atoms with E-state index in [9.17, 15) is 4.79 Å². The maximum absolute atomic E-state index is 13.2. The molecule has 0 bridgehead atoms. The molecule has 1 fully saturated rings. The zero-order valence-corrected chi connectivity index (χ0v) is 20.8. The summed E-state index contributed by atoms with van der Waals surface area (Å²) in [6, 6.07) is 14.1. The van der Waals surface area contributed by atoms with Crippen LogP contribution in [0.1, 0.15) is 24.1 Å². The first-order valence-corrected chi connectivity index (χ1v) is 12.1. The average Bonchev–Trinajstić information content (AvgIpc) is 2.85. The van der Waals surface area contributed by atoms with Gasteiger partial charge in [0.25, 0.3) is 5.56 Å². The molecule has 8 nitrogen and oxygen atoms in total. The van der Waals surface area contributed by atoms with Crippen LogP contribution in [0.2, 0.25) is 5.02 Å². The van der Waals surface area contributed by atoms with Gasteiger partial charge in [0, 0.05) is 23.6 Å². The predicted octanol–water partition coefficient (Wildman–Crippen LogP) is 4.70. The monoisotopic (exact) mass is 489 g/mol. The molecule has 180 valence electrons. The lowest BCUT2D eigenvalue weighted by Gasteiger charge is -2.30. The Morgan fingerprint density at radius 2 is 1.74 bits per heavy atom. The second kappa shape index (κ2) is 9.64. The highest BCUT2D eigenvalue weighted by molar-refractivity contribution is 6.32. The zero-order valence-electron chi connectivity index (χ0n) is 20.0. The number of hydrogen-bond donors (Lipinski definition) is 2. The number of benzene rings is 2. The lowest BCUT2D eigenvalue weighted by atomic mass is 10.1. The quantitative estimate of drug-likeness (QED) is 0.420. The minimum Gasteiger partial charge on any atom is -0.382 e. The van der Waals surface area contributed by atoms with Crippen molar-refractivity contribution in [2.24, 2.45) is 0 Å². The molecule has 1 aliphatic heterocycles. The molecule has 35 heavy (non-hydrogen) atoms. The third kappa shape index (κ3) is 4.85. The van der Waals surface area contributed by atoms with Crippen LogP contribution in [0.4, 0.5) is 17.3 Å². The molecule has 5 rings (SSSR count). The highest BCUT2D eigenvalue weighted by Crippen LogP contribution is 2.24. The smallest absolute Gasteiger partial charge is 0.282 e. The minimum atomic E-state index is -0.308. The summed E-state index contributed by atoms with van der Waals surface area (Å²) < 4.78 is 1.34. The van der Waals surface area contributed by atoms with Crippen LogP contribution < -0.4 is 16.2 Å². The van der Waals surface area contributed by atoms with Crippen molar-refractivity contribution in [1.29, 1.82) is 0 Å². The standard InChI is InChI=1S/C26H28ClN7O/c1-16-5-4-6-22(27)24(16)34-25(35)21-15-28-26(31-23(21)17(2)32-34)30-19-9-7-18(8-10-19)29-20-11-13-33(3)14-12-20/h4-10,15,20,29H,11-14H2,1-3H3,(H,28,30,31). The van der Waals surface area contributed by atoms with Crippen LogP contribution in [-0.4, -0.2) is 50.8 Å². The molecule has 4 aromatic rings. The number of hydrogen-bond acceptors (Lipinski definition) is 7. The second-order valence-electron chi connectivity index (χ2n) is 9.09. The Balaban J connectivity index is 1.37. The van der Waals surface area contributed by atoms with Crippen molar-refractivity contribution in [2.75, 3.05) is 30.8 Å². The van der Waals surface area contributed by atoms with Crippen molar-refractivity contribution < 1.29 is 0 Å². The van der Waals surface area contributed by atoms with Gasteiger partial charge < -0.3 is 15.5 Å². The van der Waals surface area contributed by atoms with Gasteiger partial charge in [0.05, 0.1) is 21.8 Å². The van der Waals surface area contributed by atoms with Gasteiger partial charge in [-0.1, -0.05) is 23.7 Å². The normalized spacial score (nSPS) is 14.9. The van der Waals surface area contributed by atoms with Crippen molar-refractivity contribution in [3.05, 3.63) is 75.3 Å². The number of aromatic nitrogens is 4. The van der Waals surface area contributed by atoms with Crippen LogP contribution in [0.15, 0.2) is 53.5 Å². The van der Waals surface area contributed by atoms with Gasteiger partial charge in [-0.05, 0) is 82.7 Å². The van der Waals surface area contributed by atoms with Gasteiger partial charge >= 0.3 is 0 Å². The maximum atomic E-state index is 13.2. The molecule has 0 atom stereocenters. The first kappa shape index (κ1) is 23.3. The van der Waals surface area contributed by atoms with Crippen LogP contribution in [-0.2, 0) is 0 Å². The molecule has 0 saturated carbocycles. The van der Waals surface area contributed by atoms with Crippen LogP contribution in [0.5, 0.6) is 0 Å². The molecule has 0 spiro atoms. The zero-order chi connectivity index (χ0) is 24.5. The highest BCUT2D eigenvalue weighted by Gasteiger charge is 2.17. The summed E-state index contributed by atoms with van der Waals surface area (Å²) in [6.45, 7) is 5.96. The van der Waals surface area contributed by atoms with Gasteiger partial charge in [-0.25, -0.2) is 9.97 Å². The minimum absolute atomic E-state index is 0.308. The van der Waals surface area contributed by atoms with Gasteiger partial charge in [0.1, 0.15) is 5.52 Å². The molecule has 1 aliphatic rings. The van der Waals surface area contributed by atoms with E-state index >= 15 is 0 Å².